The van der Waals surface area contributed by atoms with Gasteiger partial charge in [0.2, 0.25) is 0 Å². The molecule has 0 bridgehead atoms. The van der Waals surface area contributed by atoms with E-state index in [1.54, 1.807) is 0 Å². The second-order valence-electron chi connectivity index (χ2n) is 3.15. The second-order valence-corrected chi connectivity index (χ2v) is 4.00. The minimum Gasteiger partial charge on any atom is -0.488 e. The highest BCUT2D eigenvalue weighted by Crippen LogP contribution is 2.29. The maximum absolute atomic E-state index is 5.67. The molecular formula is C12H16BrNO. The maximum Gasteiger partial charge on any atom is 0.137 e. The van der Waals surface area contributed by atoms with Crippen molar-refractivity contribution in [1.82, 2.24) is 0 Å². The normalized spacial score (nSPS) is 10.9. The van der Waals surface area contributed by atoms with E-state index in [9.17, 15) is 0 Å². The SMILES string of the molecule is C/C=C/COc1c(Br)cccc1CCN. The number of para-hydroxylation sites is 1. The zero-order valence-corrected chi connectivity index (χ0v) is 10.5. The summed E-state index contributed by atoms with van der Waals surface area (Å²) in [7, 11) is 0. The Labute approximate surface area is 99.3 Å². The number of hydrogen-bond acceptors (Lipinski definition) is 2. The van der Waals surface area contributed by atoms with Gasteiger partial charge in [0.15, 0.2) is 0 Å². The van der Waals surface area contributed by atoms with Crippen LogP contribution in [0.5, 0.6) is 5.75 Å². The molecule has 0 unspecified atom stereocenters. The van der Waals surface area contributed by atoms with Gasteiger partial charge in [-0.2, -0.15) is 0 Å². The smallest absolute Gasteiger partial charge is 0.137 e. The van der Waals surface area contributed by atoms with Crippen molar-refractivity contribution in [3.63, 3.8) is 0 Å². The molecule has 0 aromatic heterocycles. The minimum absolute atomic E-state index is 0.594. The number of hydrogen-bond donors (Lipinski definition) is 1. The molecule has 0 radical (unpaired) electrons. The van der Waals surface area contributed by atoms with Gasteiger partial charge >= 0.3 is 0 Å². The van der Waals surface area contributed by atoms with Gasteiger partial charge in [-0.3, -0.25) is 0 Å². The van der Waals surface area contributed by atoms with E-state index in [1.807, 2.05) is 37.3 Å². The largest absolute Gasteiger partial charge is 0.488 e. The summed E-state index contributed by atoms with van der Waals surface area (Å²) in [6, 6.07) is 6.02. The molecule has 0 amide bonds. The molecule has 0 saturated heterocycles. The Bertz CT molecular complexity index is 336. The molecule has 2 nitrogen and oxygen atoms in total. The van der Waals surface area contributed by atoms with Crippen LogP contribution < -0.4 is 10.5 Å². The van der Waals surface area contributed by atoms with Gasteiger partial charge in [-0.1, -0.05) is 24.3 Å². The third-order valence-corrected chi connectivity index (χ3v) is 2.65. The number of halogens is 1. The standard InChI is InChI=1S/C12H16BrNO/c1-2-3-9-15-12-10(7-8-14)5-4-6-11(12)13/h2-6H,7-9,14H2,1H3/b3-2+. The highest BCUT2D eigenvalue weighted by molar-refractivity contribution is 9.10. The lowest BCUT2D eigenvalue weighted by atomic mass is 10.1. The predicted octanol–water partition coefficient (Wildman–Crippen LogP) is 2.91. The lowest BCUT2D eigenvalue weighted by molar-refractivity contribution is 0.356. The van der Waals surface area contributed by atoms with Crippen molar-refractivity contribution in [1.29, 1.82) is 0 Å². The predicted molar refractivity (Wildman–Crippen MR) is 67.2 cm³/mol. The van der Waals surface area contributed by atoms with Gasteiger partial charge in [0, 0.05) is 0 Å². The van der Waals surface area contributed by atoms with E-state index < -0.39 is 0 Å². The van der Waals surface area contributed by atoms with Crippen molar-refractivity contribution in [3.8, 4) is 5.75 Å². The summed E-state index contributed by atoms with van der Waals surface area (Å²) in [5.74, 6) is 0.904. The van der Waals surface area contributed by atoms with E-state index in [2.05, 4.69) is 15.9 Å². The van der Waals surface area contributed by atoms with E-state index >= 15 is 0 Å². The van der Waals surface area contributed by atoms with E-state index in [0.29, 0.717) is 13.2 Å². The Morgan fingerprint density at radius 1 is 1.47 bits per heavy atom. The molecule has 82 valence electrons. The van der Waals surface area contributed by atoms with Crippen molar-refractivity contribution >= 4 is 15.9 Å². The molecule has 0 aliphatic heterocycles. The topological polar surface area (TPSA) is 35.2 Å². The van der Waals surface area contributed by atoms with Gasteiger partial charge in [-0.05, 0) is 47.4 Å². The highest BCUT2D eigenvalue weighted by Gasteiger charge is 2.06. The molecular weight excluding hydrogens is 254 g/mol. The first-order chi connectivity index (χ1) is 7.29. The van der Waals surface area contributed by atoms with Crippen LogP contribution in [0, 0.1) is 0 Å². The summed E-state index contributed by atoms with van der Waals surface area (Å²) in [4.78, 5) is 0. The van der Waals surface area contributed by atoms with Crippen LogP contribution in [0.4, 0.5) is 0 Å². The van der Waals surface area contributed by atoms with E-state index in [-0.39, 0.29) is 0 Å². The molecule has 3 heteroatoms. The first-order valence-corrected chi connectivity index (χ1v) is 5.80. The summed E-state index contributed by atoms with van der Waals surface area (Å²) < 4.78 is 6.66. The minimum atomic E-state index is 0.594. The van der Waals surface area contributed by atoms with Crippen molar-refractivity contribution in [3.05, 3.63) is 40.4 Å². The van der Waals surface area contributed by atoms with Gasteiger partial charge < -0.3 is 10.5 Å². The summed E-state index contributed by atoms with van der Waals surface area (Å²) >= 11 is 3.48. The van der Waals surface area contributed by atoms with Gasteiger partial charge in [0.05, 0.1) is 4.47 Å². The van der Waals surface area contributed by atoms with E-state index in [1.165, 1.54) is 0 Å². The molecule has 0 spiro atoms. The second kappa shape index (κ2) is 6.64. The van der Waals surface area contributed by atoms with E-state index in [4.69, 9.17) is 10.5 Å². The number of rotatable bonds is 5. The van der Waals surface area contributed by atoms with Crippen LogP contribution in [0.1, 0.15) is 12.5 Å². The zero-order chi connectivity index (χ0) is 11.1. The van der Waals surface area contributed by atoms with Crippen molar-refractivity contribution in [2.45, 2.75) is 13.3 Å². The molecule has 0 aliphatic carbocycles. The van der Waals surface area contributed by atoms with Crippen LogP contribution in [0.15, 0.2) is 34.8 Å². The first kappa shape index (κ1) is 12.3. The fourth-order valence-corrected chi connectivity index (χ4v) is 1.82. The van der Waals surface area contributed by atoms with Crippen LogP contribution in [-0.2, 0) is 6.42 Å². The molecule has 1 aromatic carbocycles. The van der Waals surface area contributed by atoms with Crippen LogP contribution >= 0.6 is 15.9 Å². The molecule has 0 aliphatic rings. The molecule has 2 N–H and O–H groups in total. The number of ether oxygens (including phenoxy) is 1. The molecule has 1 aromatic rings. The summed E-state index contributed by atoms with van der Waals surface area (Å²) in [6.07, 6.45) is 4.79. The average molecular weight is 270 g/mol. The lowest BCUT2D eigenvalue weighted by Crippen LogP contribution is -2.05. The zero-order valence-electron chi connectivity index (χ0n) is 8.87. The third kappa shape index (κ3) is 3.68. The monoisotopic (exact) mass is 269 g/mol. The first-order valence-electron chi connectivity index (χ1n) is 5.01. The molecule has 15 heavy (non-hydrogen) atoms. The van der Waals surface area contributed by atoms with Crippen molar-refractivity contribution < 1.29 is 4.74 Å². The van der Waals surface area contributed by atoms with E-state index in [0.717, 1.165) is 22.2 Å². The number of nitrogens with two attached hydrogens (primary N) is 1. The molecule has 0 atom stereocenters. The Balaban J connectivity index is 2.81. The quantitative estimate of drug-likeness (QED) is 0.835. The fraction of sp³-hybridized carbons (Fsp3) is 0.333. The van der Waals surface area contributed by atoms with Gasteiger partial charge in [-0.15, -0.1) is 0 Å². The average Bonchev–Trinajstić information content (AvgIpc) is 2.23. The molecule has 0 heterocycles. The van der Waals surface area contributed by atoms with Gasteiger partial charge in [0.1, 0.15) is 12.4 Å². The van der Waals surface area contributed by atoms with Crippen LogP contribution in [-0.4, -0.2) is 13.2 Å². The molecule has 0 fully saturated rings. The third-order valence-electron chi connectivity index (χ3n) is 2.02. The summed E-state index contributed by atoms with van der Waals surface area (Å²) in [6.45, 7) is 3.21. The summed E-state index contributed by atoms with van der Waals surface area (Å²) in [5, 5.41) is 0. The lowest BCUT2D eigenvalue weighted by Gasteiger charge is -2.11. The number of allylic oxidation sites excluding steroid dienone is 1. The van der Waals surface area contributed by atoms with Gasteiger partial charge in [-0.25, -0.2) is 0 Å². The fourth-order valence-electron chi connectivity index (χ4n) is 1.30. The molecule has 0 saturated carbocycles. The van der Waals surface area contributed by atoms with Crippen molar-refractivity contribution in [2.75, 3.05) is 13.2 Å². The highest BCUT2D eigenvalue weighted by atomic mass is 79.9. The van der Waals surface area contributed by atoms with Crippen LogP contribution in [0.3, 0.4) is 0 Å². The van der Waals surface area contributed by atoms with Crippen molar-refractivity contribution in [2.24, 2.45) is 5.73 Å². The van der Waals surface area contributed by atoms with Gasteiger partial charge in [0.25, 0.3) is 0 Å². The Kier molecular flexibility index (Phi) is 5.43. The number of benzene rings is 1. The Hall–Kier alpha value is -0.800. The Morgan fingerprint density at radius 3 is 2.93 bits per heavy atom. The van der Waals surface area contributed by atoms with Crippen LogP contribution in [0.25, 0.3) is 0 Å². The van der Waals surface area contributed by atoms with Crippen LogP contribution in [0.2, 0.25) is 0 Å². The molecule has 1 rings (SSSR count). The maximum atomic E-state index is 5.67. The summed E-state index contributed by atoms with van der Waals surface area (Å²) in [5.41, 5.74) is 6.70. The Morgan fingerprint density at radius 2 is 2.27 bits per heavy atom.